The van der Waals surface area contributed by atoms with Crippen molar-refractivity contribution < 1.29 is 5.21 Å². The van der Waals surface area contributed by atoms with Crippen LogP contribution in [-0.2, 0) is 6.42 Å². The summed E-state index contributed by atoms with van der Waals surface area (Å²) < 4.78 is 1.86. The van der Waals surface area contributed by atoms with Gasteiger partial charge in [-0.05, 0) is 18.2 Å². The molecule has 4 rings (SSSR count). The van der Waals surface area contributed by atoms with Crippen LogP contribution in [0.4, 0.5) is 0 Å². The van der Waals surface area contributed by atoms with Crippen molar-refractivity contribution in [2.24, 2.45) is 0 Å². The lowest BCUT2D eigenvalue weighted by atomic mass is 10.2. The van der Waals surface area contributed by atoms with E-state index < -0.39 is 0 Å². The van der Waals surface area contributed by atoms with Crippen LogP contribution >= 0.6 is 23.2 Å². The highest BCUT2D eigenvalue weighted by Crippen LogP contribution is 2.34. The number of fused-ring (bicyclic) bond motifs is 3. The van der Waals surface area contributed by atoms with Crippen LogP contribution in [0.2, 0.25) is 10.2 Å². The van der Waals surface area contributed by atoms with Gasteiger partial charge in [0.05, 0.1) is 28.2 Å². The van der Waals surface area contributed by atoms with Gasteiger partial charge in [0.25, 0.3) is 0 Å². The first-order valence-electron chi connectivity index (χ1n) is 7.78. The Morgan fingerprint density at radius 1 is 1.08 bits per heavy atom. The first-order chi connectivity index (χ1) is 12.6. The SMILES string of the molecule is N=C(Cc1nc2c(Cl)nc3ccccc3c2n1-c1ccccc1Cl)NO. The topological polar surface area (TPSA) is 86.8 Å². The van der Waals surface area contributed by atoms with Gasteiger partial charge in [0.1, 0.15) is 17.2 Å². The van der Waals surface area contributed by atoms with Gasteiger partial charge in [-0.15, -0.1) is 0 Å². The largest absolute Gasteiger partial charge is 0.294 e. The zero-order chi connectivity index (χ0) is 18.3. The molecule has 4 aromatic rings. The van der Waals surface area contributed by atoms with Gasteiger partial charge in [-0.2, -0.15) is 0 Å². The molecule has 0 saturated heterocycles. The minimum atomic E-state index is -0.0954. The molecule has 26 heavy (non-hydrogen) atoms. The van der Waals surface area contributed by atoms with E-state index in [9.17, 15) is 0 Å². The molecule has 8 heteroatoms. The van der Waals surface area contributed by atoms with Gasteiger partial charge in [-0.3, -0.25) is 20.7 Å². The monoisotopic (exact) mass is 385 g/mol. The second-order valence-electron chi connectivity index (χ2n) is 5.70. The summed E-state index contributed by atoms with van der Waals surface area (Å²) in [5.41, 5.74) is 4.58. The molecule has 0 aliphatic carbocycles. The van der Waals surface area contributed by atoms with Crippen LogP contribution in [0.1, 0.15) is 5.82 Å². The maximum Gasteiger partial charge on any atom is 0.157 e. The third-order valence-electron chi connectivity index (χ3n) is 4.08. The predicted molar refractivity (Wildman–Crippen MR) is 103 cm³/mol. The van der Waals surface area contributed by atoms with Crippen LogP contribution in [0.25, 0.3) is 27.6 Å². The molecule has 130 valence electrons. The Balaban J connectivity index is 2.16. The minimum absolute atomic E-state index is 0.0705. The zero-order valence-corrected chi connectivity index (χ0v) is 14.9. The Morgan fingerprint density at radius 3 is 2.58 bits per heavy atom. The molecule has 0 aliphatic rings. The van der Waals surface area contributed by atoms with Crippen molar-refractivity contribution in [1.82, 2.24) is 20.0 Å². The molecule has 2 aromatic heterocycles. The van der Waals surface area contributed by atoms with Crippen LogP contribution in [0.15, 0.2) is 48.5 Å². The molecular formula is C18H13Cl2N5O. The molecular weight excluding hydrogens is 373 g/mol. The number of aromatic nitrogens is 3. The van der Waals surface area contributed by atoms with E-state index in [-0.39, 0.29) is 17.4 Å². The molecule has 0 bridgehead atoms. The molecule has 0 saturated carbocycles. The molecule has 0 spiro atoms. The fourth-order valence-electron chi connectivity index (χ4n) is 3.00. The van der Waals surface area contributed by atoms with Crippen LogP contribution < -0.4 is 5.48 Å². The Hall–Kier alpha value is -2.67. The summed E-state index contributed by atoms with van der Waals surface area (Å²) in [6.07, 6.45) is 0.0705. The van der Waals surface area contributed by atoms with Crippen molar-refractivity contribution >= 4 is 51.0 Å². The lowest BCUT2D eigenvalue weighted by molar-refractivity contribution is 0.231. The van der Waals surface area contributed by atoms with E-state index >= 15 is 0 Å². The summed E-state index contributed by atoms with van der Waals surface area (Å²) in [6, 6.07) is 15.0. The number of para-hydroxylation sites is 2. The highest BCUT2D eigenvalue weighted by Gasteiger charge is 2.20. The number of nitrogens with zero attached hydrogens (tertiary/aromatic N) is 3. The normalized spacial score (nSPS) is 11.2. The molecule has 0 atom stereocenters. The summed E-state index contributed by atoms with van der Waals surface area (Å²) in [7, 11) is 0. The first kappa shape index (κ1) is 16.8. The third-order valence-corrected chi connectivity index (χ3v) is 4.67. The molecule has 6 nitrogen and oxygen atoms in total. The highest BCUT2D eigenvalue weighted by molar-refractivity contribution is 6.35. The number of nitrogens with one attached hydrogen (secondary N) is 2. The van der Waals surface area contributed by atoms with Gasteiger partial charge in [0.2, 0.25) is 0 Å². The Morgan fingerprint density at radius 2 is 1.81 bits per heavy atom. The Bertz CT molecular complexity index is 1160. The van der Waals surface area contributed by atoms with Crippen LogP contribution in [-0.4, -0.2) is 25.6 Å². The smallest absolute Gasteiger partial charge is 0.157 e. The molecule has 0 amide bonds. The van der Waals surface area contributed by atoms with Crippen molar-refractivity contribution in [3.8, 4) is 5.69 Å². The second kappa shape index (κ2) is 6.57. The predicted octanol–water partition coefficient (Wildman–Crippen LogP) is 4.38. The summed E-state index contributed by atoms with van der Waals surface area (Å²) in [5.74, 6) is 0.418. The number of rotatable bonds is 3. The number of pyridine rings is 1. The molecule has 0 fully saturated rings. The van der Waals surface area contributed by atoms with Crippen molar-refractivity contribution in [1.29, 1.82) is 5.41 Å². The van der Waals surface area contributed by atoms with Gasteiger partial charge in [0.15, 0.2) is 5.15 Å². The molecule has 0 aliphatic heterocycles. The summed E-state index contributed by atoms with van der Waals surface area (Å²) in [6.45, 7) is 0. The number of hydrogen-bond acceptors (Lipinski definition) is 4. The number of halogens is 2. The van der Waals surface area contributed by atoms with E-state index in [1.807, 2.05) is 52.5 Å². The molecule has 3 N–H and O–H groups in total. The quantitative estimate of drug-likeness (QED) is 0.211. The fourth-order valence-corrected chi connectivity index (χ4v) is 3.44. The van der Waals surface area contributed by atoms with E-state index in [0.717, 1.165) is 16.4 Å². The van der Waals surface area contributed by atoms with Gasteiger partial charge >= 0.3 is 0 Å². The third kappa shape index (κ3) is 2.68. The molecule has 2 aromatic carbocycles. The van der Waals surface area contributed by atoms with E-state index in [1.54, 1.807) is 6.07 Å². The van der Waals surface area contributed by atoms with Crippen LogP contribution in [0, 0.1) is 5.41 Å². The van der Waals surface area contributed by atoms with E-state index in [2.05, 4.69) is 9.97 Å². The van der Waals surface area contributed by atoms with Gasteiger partial charge in [-0.25, -0.2) is 9.97 Å². The zero-order valence-electron chi connectivity index (χ0n) is 13.4. The van der Waals surface area contributed by atoms with Crippen molar-refractivity contribution in [3.05, 3.63) is 64.5 Å². The van der Waals surface area contributed by atoms with E-state index in [0.29, 0.717) is 22.1 Å². The average molecular weight is 386 g/mol. The van der Waals surface area contributed by atoms with Crippen LogP contribution in [0.5, 0.6) is 0 Å². The van der Waals surface area contributed by atoms with Gasteiger partial charge in [-0.1, -0.05) is 53.5 Å². The summed E-state index contributed by atoms with van der Waals surface area (Å²) in [4.78, 5) is 9.00. The standard InChI is InChI=1S/C18H13Cl2N5O/c19-11-6-2-4-8-13(11)25-15(9-14(21)24-26)23-16-17(25)10-5-1-3-7-12(10)22-18(16)20/h1-8,26H,9H2,(H2,21,24). The second-order valence-corrected chi connectivity index (χ2v) is 6.46. The maximum atomic E-state index is 9.04. The Labute approximate surface area is 158 Å². The number of hydrogen-bond donors (Lipinski definition) is 3. The van der Waals surface area contributed by atoms with Crippen LogP contribution in [0.3, 0.4) is 0 Å². The van der Waals surface area contributed by atoms with Gasteiger partial charge < -0.3 is 0 Å². The minimum Gasteiger partial charge on any atom is -0.294 e. The van der Waals surface area contributed by atoms with Gasteiger partial charge in [0, 0.05) is 5.39 Å². The maximum absolute atomic E-state index is 9.04. The first-order valence-corrected chi connectivity index (χ1v) is 8.53. The average Bonchev–Trinajstić information content (AvgIpc) is 3.02. The summed E-state index contributed by atoms with van der Waals surface area (Å²) in [5, 5.41) is 18.5. The van der Waals surface area contributed by atoms with Crippen molar-refractivity contribution in [2.45, 2.75) is 6.42 Å². The number of imidazole rings is 1. The van der Waals surface area contributed by atoms with Crippen molar-refractivity contribution in [2.75, 3.05) is 0 Å². The molecule has 0 unspecified atom stereocenters. The molecule has 0 radical (unpaired) electrons. The highest BCUT2D eigenvalue weighted by atomic mass is 35.5. The lowest BCUT2D eigenvalue weighted by Gasteiger charge is -2.12. The molecule has 2 heterocycles. The van der Waals surface area contributed by atoms with Crippen molar-refractivity contribution in [3.63, 3.8) is 0 Å². The number of hydroxylamine groups is 1. The number of benzene rings is 2. The van der Waals surface area contributed by atoms with E-state index in [1.165, 1.54) is 0 Å². The fraction of sp³-hybridized carbons (Fsp3) is 0.0556. The number of amidine groups is 1. The van der Waals surface area contributed by atoms with E-state index in [4.69, 9.17) is 33.8 Å². The Kier molecular flexibility index (Phi) is 4.24. The lowest BCUT2D eigenvalue weighted by Crippen LogP contribution is -2.21. The summed E-state index contributed by atoms with van der Waals surface area (Å²) >= 11 is 12.8.